The van der Waals surface area contributed by atoms with Gasteiger partial charge in [-0.15, -0.1) is 11.8 Å². The van der Waals surface area contributed by atoms with Crippen molar-refractivity contribution in [2.45, 2.75) is 31.4 Å². The minimum absolute atomic E-state index is 0.104. The molecule has 5 nitrogen and oxygen atoms in total. The predicted octanol–water partition coefficient (Wildman–Crippen LogP) is 0.0643. The van der Waals surface area contributed by atoms with Gasteiger partial charge in [0.05, 0.1) is 6.10 Å². The van der Waals surface area contributed by atoms with Crippen molar-refractivity contribution in [3.05, 3.63) is 11.8 Å². The van der Waals surface area contributed by atoms with Crippen LogP contribution in [0, 0.1) is 0 Å². The van der Waals surface area contributed by atoms with Crippen molar-refractivity contribution < 1.29 is 14.3 Å². The Morgan fingerprint density at radius 2 is 2.38 bits per heavy atom. The Morgan fingerprint density at radius 1 is 1.69 bits per heavy atom. The van der Waals surface area contributed by atoms with Crippen molar-refractivity contribution >= 4 is 23.6 Å². The van der Waals surface area contributed by atoms with E-state index in [1.165, 1.54) is 4.90 Å². The summed E-state index contributed by atoms with van der Waals surface area (Å²) in [6.07, 6.45) is 1.53. The maximum Gasteiger partial charge on any atom is 0.355 e. The summed E-state index contributed by atoms with van der Waals surface area (Å²) in [5, 5.41) is -0.104. The van der Waals surface area contributed by atoms with Gasteiger partial charge in [0.2, 0.25) is 5.91 Å². The maximum atomic E-state index is 11.7. The first kappa shape index (κ1) is 11.5. The molecule has 88 valence electrons. The summed E-state index contributed by atoms with van der Waals surface area (Å²) < 4.78 is 5.07. The summed E-state index contributed by atoms with van der Waals surface area (Å²) in [5.74, 6) is 0.0368. The topological polar surface area (TPSA) is 72.6 Å². The van der Waals surface area contributed by atoms with Crippen LogP contribution in [0.4, 0.5) is 0 Å². The molecule has 1 unspecified atom stereocenters. The largest absolute Gasteiger partial charge is 0.458 e. The standard InChI is InChI=1S/C10H14N2O3S/c1-5(2)15-10(14)6-3-4-16-9-7(11)8(13)12(6)9/h3,5,7,9H,4,11H2,1-2H3/t7?,9-/m0/s1. The van der Waals surface area contributed by atoms with E-state index in [9.17, 15) is 9.59 Å². The van der Waals surface area contributed by atoms with E-state index in [0.29, 0.717) is 11.4 Å². The highest BCUT2D eigenvalue weighted by Gasteiger charge is 2.50. The average molecular weight is 242 g/mol. The van der Waals surface area contributed by atoms with Crippen molar-refractivity contribution in [1.29, 1.82) is 0 Å². The number of hydrogen-bond donors (Lipinski definition) is 1. The molecule has 1 saturated heterocycles. The van der Waals surface area contributed by atoms with Gasteiger partial charge in [0.25, 0.3) is 0 Å². The molecule has 0 saturated carbocycles. The molecular weight excluding hydrogens is 228 g/mol. The first-order valence-corrected chi connectivity index (χ1v) is 6.18. The highest BCUT2D eigenvalue weighted by atomic mass is 32.2. The minimum atomic E-state index is -0.486. The number of thioether (sulfide) groups is 1. The van der Waals surface area contributed by atoms with E-state index in [4.69, 9.17) is 10.5 Å². The molecule has 2 N–H and O–H groups in total. The van der Waals surface area contributed by atoms with Crippen LogP contribution < -0.4 is 5.73 Å². The third-order valence-electron chi connectivity index (χ3n) is 2.44. The molecule has 0 aromatic heterocycles. The van der Waals surface area contributed by atoms with Gasteiger partial charge < -0.3 is 10.5 Å². The highest BCUT2D eigenvalue weighted by Crippen LogP contribution is 2.36. The molecule has 2 aliphatic rings. The molecule has 2 aliphatic heterocycles. The van der Waals surface area contributed by atoms with E-state index < -0.39 is 12.0 Å². The molecule has 1 amide bonds. The molecule has 2 rings (SSSR count). The van der Waals surface area contributed by atoms with Crippen molar-refractivity contribution in [3.63, 3.8) is 0 Å². The van der Waals surface area contributed by atoms with E-state index in [1.807, 2.05) is 0 Å². The number of nitrogens with two attached hydrogens (primary N) is 1. The van der Waals surface area contributed by atoms with Gasteiger partial charge in [-0.1, -0.05) is 0 Å². The number of hydrogen-bond acceptors (Lipinski definition) is 5. The zero-order valence-electron chi connectivity index (χ0n) is 9.17. The number of amides is 1. The van der Waals surface area contributed by atoms with Gasteiger partial charge in [-0.25, -0.2) is 4.79 Å². The summed E-state index contributed by atoms with van der Waals surface area (Å²) in [5.41, 5.74) is 5.99. The van der Waals surface area contributed by atoms with Crippen LogP contribution in [-0.4, -0.2) is 40.0 Å². The summed E-state index contributed by atoms with van der Waals surface area (Å²) >= 11 is 1.56. The smallest absolute Gasteiger partial charge is 0.355 e. The molecule has 6 heteroatoms. The number of ether oxygens (including phenoxy) is 1. The molecule has 0 aliphatic carbocycles. The molecule has 0 aromatic carbocycles. The fraction of sp³-hybridized carbons (Fsp3) is 0.600. The average Bonchev–Trinajstić information content (AvgIpc) is 2.26. The second kappa shape index (κ2) is 4.10. The third kappa shape index (κ3) is 1.72. The Balaban J connectivity index is 2.13. The molecule has 1 fully saturated rings. The van der Waals surface area contributed by atoms with E-state index in [2.05, 4.69) is 0 Å². The summed E-state index contributed by atoms with van der Waals surface area (Å²) in [7, 11) is 0. The Hall–Kier alpha value is -1.01. The quantitative estimate of drug-likeness (QED) is 0.548. The van der Waals surface area contributed by atoms with Crippen molar-refractivity contribution in [2.24, 2.45) is 5.73 Å². The van der Waals surface area contributed by atoms with Gasteiger partial charge in [0, 0.05) is 5.75 Å². The Labute approximate surface area is 98.0 Å². The van der Waals surface area contributed by atoms with E-state index >= 15 is 0 Å². The number of β-lactam (4-membered cyclic amide) rings is 1. The molecule has 2 heterocycles. The number of esters is 1. The van der Waals surface area contributed by atoms with Crippen molar-refractivity contribution in [3.8, 4) is 0 Å². The third-order valence-corrected chi connectivity index (χ3v) is 3.64. The van der Waals surface area contributed by atoms with Crippen molar-refractivity contribution in [2.75, 3.05) is 5.75 Å². The lowest BCUT2D eigenvalue weighted by atomic mass is 10.1. The van der Waals surface area contributed by atoms with Crippen LogP contribution in [0.3, 0.4) is 0 Å². The highest BCUT2D eigenvalue weighted by molar-refractivity contribution is 8.00. The van der Waals surface area contributed by atoms with Crippen LogP contribution in [0.25, 0.3) is 0 Å². The number of rotatable bonds is 2. The minimum Gasteiger partial charge on any atom is -0.458 e. The van der Waals surface area contributed by atoms with Crippen LogP contribution in [0.2, 0.25) is 0 Å². The normalized spacial score (nSPS) is 28.4. The van der Waals surface area contributed by atoms with Crippen LogP contribution in [0.15, 0.2) is 11.8 Å². The zero-order valence-corrected chi connectivity index (χ0v) is 9.99. The van der Waals surface area contributed by atoms with Crippen molar-refractivity contribution in [1.82, 2.24) is 4.90 Å². The first-order chi connectivity index (χ1) is 7.52. The Kier molecular flexibility index (Phi) is 2.94. The zero-order chi connectivity index (χ0) is 11.9. The fourth-order valence-electron chi connectivity index (χ4n) is 1.70. The van der Waals surface area contributed by atoms with Gasteiger partial charge in [-0.2, -0.15) is 0 Å². The number of carbonyl (C=O) groups is 2. The Morgan fingerprint density at radius 3 is 3.00 bits per heavy atom. The van der Waals surface area contributed by atoms with Gasteiger partial charge in [0.15, 0.2) is 0 Å². The van der Waals surface area contributed by atoms with E-state index in [-0.39, 0.29) is 17.4 Å². The van der Waals surface area contributed by atoms with E-state index in [1.54, 1.807) is 31.7 Å². The number of carbonyl (C=O) groups excluding carboxylic acids is 2. The molecule has 0 aromatic rings. The Bertz CT molecular complexity index is 367. The number of nitrogens with zero attached hydrogens (tertiary/aromatic N) is 1. The van der Waals surface area contributed by atoms with Crippen LogP contribution in [0.1, 0.15) is 13.8 Å². The lowest BCUT2D eigenvalue weighted by molar-refractivity contribution is -0.152. The second-order valence-corrected chi connectivity index (χ2v) is 5.15. The molecule has 0 radical (unpaired) electrons. The van der Waals surface area contributed by atoms with Crippen LogP contribution >= 0.6 is 11.8 Å². The van der Waals surface area contributed by atoms with Gasteiger partial charge in [-0.3, -0.25) is 9.69 Å². The number of fused-ring (bicyclic) bond motifs is 1. The lowest BCUT2D eigenvalue weighted by Crippen LogP contribution is -2.68. The fourth-order valence-corrected chi connectivity index (χ4v) is 2.84. The molecule has 0 bridgehead atoms. The van der Waals surface area contributed by atoms with Gasteiger partial charge in [-0.05, 0) is 19.9 Å². The lowest BCUT2D eigenvalue weighted by Gasteiger charge is -2.46. The van der Waals surface area contributed by atoms with Crippen LogP contribution in [-0.2, 0) is 14.3 Å². The predicted molar refractivity (Wildman–Crippen MR) is 60.4 cm³/mol. The molecule has 2 atom stereocenters. The first-order valence-electron chi connectivity index (χ1n) is 5.13. The summed E-state index contributed by atoms with van der Waals surface area (Å²) in [4.78, 5) is 24.7. The summed E-state index contributed by atoms with van der Waals surface area (Å²) in [6, 6.07) is -0.486. The van der Waals surface area contributed by atoms with Crippen LogP contribution in [0.5, 0.6) is 0 Å². The molecular formula is C10H14N2O3S. The second-order valence-electron chi connectivity index (χ2n) is 4.00. The van der Waals surface area contributed by atoms with E-state index in [0.717, 1.165) is 0 Å². The summed E-state index contributed by atoms with van der Waals surface area (Å²) in [6.45, 7) is 3.55. The molecule has 0 spiro atoms. The monoisotopic (exact) mass is 242 g/mol. The maximum absolute atomic E-state index is 11.7. The van der Waals surface area contributed by atoms with Gasteiger partial charge >= 0.3 is 5.97 Å². The van der Waals surface area contributed by atoms with Gasteiger partial charge in [0.1, 0.15) is 17.1 Å². The molecule has 16 heavy (non-hydrogen) atoms. The SMILES string of the molecule is CC(C)OC(=O)C1=CCS[C@H]2C(N)C(=O)N12.